The number of nitrogens with one attached hydrogen (secondary N) is 1. The summed E-state index contributed by atoms with van der Waals surface area (Å²) >= 11 is 5.03. The number of anilines is 1. The lowest BCUT2D eigenvalue weighted by atomic mass is 10.2. The fraction of sp³-hybridized carbons (Fsp3) is 0.188. The molecule has 2 aromatic carbocycles. The van der Waals surface area contributed by atoms with E-state index in [1.54, 1.807) is 11.8 Å². The largest absolute Gasteiger partial charge is 0.325 e. The first-order valence-corrected chi connectivity index (χ1v) is 8.21. The summed E-state index contributed by atoms with van der Waals surface area (Å²) in [6, 6.07) is 17.8. The molecule has 0 aliphatic carbocycles. The number of benzene rings is 2. The molecule has 20 heavy (non-hydrogen) atoms. The van der Waals surface area contributed by atoms with Crippen LogP contribution in [0.5, 0.6) is 0 Å². The highest BCUT2D eigenvalue weighted by Gasteiger charge is 2.13. The first-order valence-electron chi connectivity index (χ1n) is 6.37. The Labute approximate surface area is 132 Å². The molecule has 0 radical (unpaired) electrons. The molecule has 1 atom stereocenters. The van der Waals surface area contributed by atoms with Crippen molar-refractivity contribution in [2.24, 2.45) is 0 Å². The molecule has 0 aliphatic rings. The molecule has 0 saturated heterocycles. The number of amides is 1. The number of halogens is 1. The highest BCUT2D eigenvalue weighted by Crippen LogP contribution is 2.20. The van der Waals surface area contributed by atoms with Crippen LogP contribution >= 0.6 is 27.7 Å². The zero-order valence-corrected chi connectivity index (χ0v) is 13.6. The van der Waals surface area contributed by atoms with Crippen molar-refractivity contribution in [1.82, 2.24) is 0 Å². The minimum absolute atomic E-state index is 0.0315. The summed E-state index contributed by atoms with van der Waals surface area (Å²) in [5.41, 5.74) is 2.05. The fourth-order valence-electron chi connectivity index (χ4n) is 1.68. The van der Waals surface area contributed by atoms with Crippen LogP contribution in [0, 0.1) is 0 Å². The number of rotatable bonds is 5. The van der Waals surface area contributed by atoms with E-state index in [2.05, 4.69) is 33.4 Å². The van der Waals surface area contributed by atoms with Gasteiger partial charge in [0.2, 0.25) is 5.91 Å². The summed E-state index contributed by atoms with van der Waals surface area (Å²) in [7, 11) is 0. The van der Waals surface area contributed by atoms with Gasteiger partial charge in [0, 0.05) is 15.9 Å². The van der Waals surface area contributed by atoms with Crippen LogP contribution < -0.4 is 5.32 Å². The molecule has 0 bridgehead atoms. The molecule has 0 fully saturated rings. The molecule has 2 aromatic rings. The summed E-state index contributed by atoms with van der Waals surface area (Å²) in [6.07, 6.45) is 0. The first-order chi connectivity index (χ1) is 9.65. The van der Waals surface area contributed by atoms with Crippen molar-refractivity contribution in [3.05, 3.63) is 64.6 Å². The molecular weight excluding hydrogens is 334 g/mol. The molecule has 0 heterocycles. The molecule has 2 nitrogen and oxygen atoms in total. The van der Waals surface area contributed by atoms with E-state index in [4.69, 9.17) is 0 Å². The van der Waals surface area contributed by atoms with Gasteiger partial charge in [0.25, 0.3) is 0 Å². The van der Waals surface area contributed by atoms with Gasteiger partial charge in [-0.15, -0.1) is 11.8 Å². The summed E-state index contributed by atoms with van der Waals surface area (Å²) in [5.74, 6) is 0.873. The predicted molar refractivity (Wildman–Crippen MR) is 90.0 cm³/mol. The van der Waals surface area contributed by atoms with Crippen molar-refractivity contribution in [1.29, 1.82) is 0 Å². The van der Waals surface area contributed by atoms with E-state index < -0.39 is 0 Å². The average Bonchev–Trinajstić information content (AvgIpc) is 2.46. The van der Waals surface area contributed by atoms with E-state index in [0.717, 1.165) is 15.9 Å². The monoisotopic (exact) mass is 349 g/mol. The van der Waals surface area contributed by atoms with Gasteiger partial charge in [0.05, 0.1) is 5.25 Å². The third-order valence-electron chi connectivity index (χ3n) is 2.80. The highest BCUT2D eigenvalue weighted by molar-refractivity contribution is 9.10. The smallest absolute Gasteiger partial charge is 0.237 e. The van der Waals surface area contributed by atoms with Crippen LogP contribution in [0.25, 0.3) is 0 Å². The zero-order valence-electron chi connectivity index (χ0n) is 11.2. The number of carbonyl (C=O) groups is 1. The van der Waals surface area contributed by atoms with Crippen LogP contribution in [0.15, 0.2) is 59.1 Å². The molecule has 1 unspecified atom stereocenters. The predicted octanol–water partition coefficient (Wildman–Crippen LogP) is 4.71. The molecule has 2 rings (SSSR count). The van der Waals surface area contributed by atoms with Crippen molar-refractivity contribution in [3.8, 4) is 0 Å². The molecular formula is C16H16BrNOS. The Morgan fingerprint density at radius 2 is 1.95 bits per heavy atom. The first kappa shape index (κ1) is 15.1. The van der Waals surface area contributed by atoms with Crippen LogP contribution in [-0.2, 0) is 10.5 Å². The number of hydrogen-bond donors (Lipinski definition) is 1. The molecule has 0 spiro atoms. The normalized spacial score (nSPS) is 11.9. The molecule has 1 amide bonds. The van der Waals surface area contributed by atoms with E-state index >= 15 is 0 Å². The van der Waals surface area contributed by atoms with Gasteiger partial charge in [-0.1, -0.05) is 52.3 Å². The van der Waals surface area contributed by atoms with E-state index in [1.165, 1.54) is 5.56 Å². The van der Waals surface area contributed by atoms with Gasteiger partial charge in [-0.25, -0.2) is 0 Å². The third-order valence-corrected chi connectivity index (χ3v) is 4.51. The van der Waals surface area contributed by atoms with Gasteiger partial charge in [0.1, 0.15) is 0 Å². The number of thioether (sulfide) groups is 1. The van der Waals surface area contributed by atoms with E-state index in [1.807, 2.05) is 49.4 Å². The van der Waals surface area contributed by atoms with Gasteiger partial charge in [-0.3, -0.25) is 4.79 Å². The highest BCUT2D eigenvalue weighted by atomic mass is 79.9. The molecule has 0 aliphatic heterocycles. The second-order valence-corrected chi connectivity index (χ2v) is 6.68. The molecule has 4 heteroatoms. The standard InChI is InChI=1S/C16H16BrNOS/c1-12(20-11-13-6-3-2-4-7-13)16(19)18-15-9-5-8-14(17)10-15/h2-10,12H,11H2,1H3,(H,18,19). The van der Waals surface area contributed by atoms with Crippen LogP contribution in [0.1, 0.15) is 12.5 Å². The van der Waals surface area contributed by atoms with Crippen LogP contribution in [0.2, 0.25) is 0 Å². The van der Waals surface area contributed by atoms with Crippen LogP contribution in [-0.4, -0.2) is 11.2 Å². The van der Waals surface area contributed by atoms with E-state index in [0.29, 0.717) is 0 Å². The van der Waals surface area contributed by atoms with Gasteiger partial charge < -0.3 is 5.32 Å². The second kappa shape index (κ2) is 7.50. The van der Waals surface area contributed by atoms with Crippen molar-refractivity contribution in [2.75, 3.05) is 5.32 Å². The van der Waals surface area contributed by atoms with Gasteiger partial charge in [0.15, 0.2) is 0 Å². The van der Waals surface area contributed by atoms with Crippen molar-refractivity contribution < 1.29 is 4.79 Å². The maximum absolute atomic E-state index is 12.1. The quantitative estimate of drug-likeness (QED) is 0.846. The van der Waals surface area contributed by atoms with Gasteiger partial charge in [-0.2, -0.15) is 0 Å². The third kappa shape index (κ3) is 4.69. The summed E-state index contributed by atoms with van der Waals surface area (Å²) in [4.78, 5) is 12.1. The van der Waals surface area contributed by atoms with Crippen LogP contribution in [0.4, 0.5) is 5.69 Å². The Morgan fingerprint density at radius 1 is 1.20 bits per heavy atom. The molecule has 1 N–H and O–H groups in total. The number of carbonyl (C=O) groups excluding carboxylic acids is 1. The van der Waals surface area contributed by atoms with Crippen molar-refractivity contribution in [2.45, 2.75) is 17.9 Å². The minimum atomic E-state index is -0.0887. The fourth-order valence-corrected chi connectivity index (χ4v) is 2.93. The lowest BCUT2D eigenvalue weighted by molar-refractivity contribution is -0.115. The van der Waals surface area contributed by atoms with E-state index in [9.17, 15) is 4.79 Å². The lowest BCUT2D eigenvalue weighted by Gasteiger charge is -2.12. The summed E-state index contributed by atoms with van der Waals surface area (Å²) < 4.78 is 0.958. The second-order valence-electron chi connectivity index (χ2n) is 4.44. The van der Waals surface area contributed by atoms with Crippen molar-refractivity contribution >= 4 is 39.3 Å². The summed E-state index contributed by atoms with van der Waals surface area (Å²) in [6.45, 7) is 1.93. The maximum Gasteiger partial charge on any atom is 0.237 e. The Morgan fingerprint density at radius 3 is 2.65 bits per heavy atom. The molecule has 0 saturated carbocycles. The van der Waals surface area contributed by atoms with Gasteiger partial charge >= 0.3 is 0 Å². The van der Waals surface area contributed by atoms with Crippen molar-refractivity contribution in [3.63, 3.8) is 0 Å². The van der Waals surface area contributed by atoms with Crippen LogP contribution in [0.3, 0.4) is 0 Å². The lowest BCUT2D eigenvalue weighted by Crippen LogP contribution is -2.22. The molecule has 104 valence electrons. The minimum Gasteiger partial charge on any atom is -0.325 e. The Hall–Kier alpha value is -1.26. The average molecular weight is 350 g/mol. The van der Waals surface area contributed by atoms with E-state index in [-0.39, 0.29) is 11.2 Å². The summed E-state index contributed by atoms with van der Waals surface area (Å²) in [5, 5.41) is 2.84. The topological polar surface area (TPSA) is 29.1 Å². The van der Waals surface area contributed by atoms with Gasteiger partial charge in [-0.05, 0) is 30.7 Å². The maximum atomic E-state index is 12.1. The Kier molecular flexibility index (Phi) is 5.68. The molecule has 0 aromatic heterocycles. The SMILES string of the molecule is CC(SCc1ccccc1)C(=O)Nc1cccc(Br)c1. The zero-order chi connectivity index (χ0) is 14.4. The Balaban J connectivity index is 1.86. The Bertz CT molecular complexity index is 574. The number of hydrogen-bond acceptors (Lipinski definition) is 2.